The van der Waals surface area contributed by atoms with Crippen molar-refractivity contribution < 1.29 is 9.24 Å². The summed E-state index contributed by atoms with van der Waals surface area (Å²) < 4.78 is 16.9. The van der Waals surface area contributed by atoms with E-state index in [0.29, 0.717) is 10.4 Å². The maximum atomic E-state index is 15.1. The molecule has 0 spiro atoms. The lowest BCUT2D eigenvalue weighted by Crippen LogP contribution is -2.40. The molecule has 0 amide bonds. The molecule has 0 N–H and O–H groups in total. The van der Waals surface area contributed by atoms with Crippen LogP contribution < -0.4 is 9.75 Å². The van der Waals surface area contributed by atoms with Crippen LogP contribution in [-0.2, 0) is 7.05 Å². The zero-order chi connectivity index (χ0) is 21.7. The van der Waals surface area contributed by atoms with Gasteiger partial charge in [0.1, 0.15) is 0 Å². The van der Waals surface area contributed by atoms with E-state index in [-0.39, 0.29) is 23.0 Å². The minimum Gasteiger partial charge on any atom is -0.594 e. The standard InChI is InChI=1S/C23H25FN6O/c1-14-9-15(10-17-13-28(2)26-21(14)17)16-11-19(24)22-20(12-16)30(31)27-23(25-22)29(3)18-7-5-4-6-8-18/h9-13,18H,4-8H2,1-3H3. The Kier molecular flexibility index (Phi) is 4.72. The van der Waals surface area contributed by atoms with Gasteiger partial charge in [-0.05, 0) is 59.5 Å². The topological polar surface area (TPSA) is 73.8 Å². The Morgan fingerprint density at radius 2 is 1.84 bits per heavy atom. The first kappa shape index (κ1) is 19.7. The monoisotopic (exact) mass is 420 g/mol. The highest BCUT2D eigenvalue weighted by Gasteiger charge is 2.24. The molecule has 2 aromatic heterocycles. The molecule has 8 heteroatoms. The van der Waals surface area contributed by atoms with Crippen LogP contribution in [0, 0.1) is 17.9 Å². The molecule has 1 saturated carbocycles. The molecule has 0 bridgehead atoms. The van der Waals surface area contributed by atoms with E-state index in [4.69, 9.17) is 0 Å². The Morgan fingerprint density at radius 1 is 1.10 bits per heavy atom. The summed E-state index contributed by atoms with van der Waals surface area (Å²) in [5.41, 5.74) is 3.50. The van der Waals surface area contributed by atoms with E-state index < -0.39 is 5.82 Å². The largest absolute Gasteiger partial charge is 0.594 e. The molecule has 2 aromatic carbocycles. The van der Waals surface area contributed by atoms with Gasteiger partial charge in [-0.2, -0.15) is 10.1 Å². The molecule has 160 valence electrons. The smallest absolute Gasteiger partial charge is 0.293 e. The predicted molar refractivity (Wildman–Crippen MR) is 118 cm³/mol. The highest BCUT2D eigenvalue weighted by Crippen LogP contribution is 2.30. The van der Waals surface area contributed by atoms with E-state index in [1.165, 1.54) is 12.5 Å². The molecule has 1 aliphatic rings. The molecule has 0 saturated heterocycles. The molecule has 4 aromatic rings. The predicted octanol–water partition coefficient (Wildman–Crippen LogP) is 4.03. The van der Waals surface area contributed by atoms with Crippen molar-refractivity contribution in [3.05, 3.63) is 47.1 Å². The van der Waals surface area contributed by atoms with Crippen LogP contribution in [0.1, 0.15) is 37.7 Å². The second kappa shape index (κ2) is 7.44. The van der Waals surface area contributed by atoms with Crippen molar-refractivity contribution in [3.63, 3.8) is 0 Å². The van der Waals surface area contributed by atoms with Gasteiger partial charge in [-0.15, -0.1) is 0 Å². The summed E-state index contributed by atoms with van der Waals surface area (Å²) in [5.74, 6) is -0.254. The number of hydrogen-bond acceptors (Lipinski definition) is 5. The van der Waals surface area contributed by atoms with Crippen LogP contribution in [0.5, 0.6) is 0 Å². The average molecular weight is 420 g/mol. The maximum absolute atomic E-state index is 15.1. The third kappa shape index (κ3) is 3.45. The molecule has 5 rings (SSSR count). The highest BCUT2D eigenvalue weighted by molar-refractivity contribution is 5.89. The number of nitrogens with zero attached hydrogens (tertiary/aromatic N) is 6. The number of aryl methyl sites for hydroxylation is 2. The Balaban J connectivity index is 1.59. The van der Waals surface area contributed by atoms with Crippen molar-refractivity contribution >= 4 is 27.9 Å². The van der Waals surface area contributed by atoms with Crippen molar-refractivity contribution in [3.8, 4) is 11.1 Å². The fraction of sp³-hybridized carbons (Fsp3) is 0.391. The third-order valence-electron chi connectivity index (χ3n) is 6.33. The van der Waals surface area contributed by atoms with Gasteiger partial charge in [-0.3, -0.25) is 4.68 Å². The van der Waals surface area contributed by atoms with Gasteiger partial charge in [-0.1, -0.05) is 19.3 Å². The van der Waals surface area contributed by atoms with Crippen LogP contribution in [-0.4, -0.2) is 33.0 Å². The molecule has 2 heterocycles. The Bertz CT molecular complexity index is 1290. The van der Waals surface area contributed by atoms with Crippen molar-refractivity contribution in [2.45, 2.75) is 45.1 Å². The fourth-order valence-electron chi connectivity index (χ4n) is 4.64. The van der Waals surface area contributed by atoms with E-state index in [1.54, 1.807) is 10.7 Å². The molecule has 0 radical (unpaired) electrons. The van der Waals surface area contributed by atoms with Crippen LogP contribution in [0.25, 0.3) is 33.1 Å². The SMILES string of the molecule is Cc1cc(-c2cc(F)c3nc(N(C)C4CCCCC4)n[n+]([O-])c3c2)cc2cn(C)nc12. The summed E-state index contributed by atoms with van der Waals surface area (Å²) in [6, 6.07) is 7.29. The Hall–Kier alpha value is -3.29. The number of benzene rings is 2. The zero-order valence-electron chi connectivity index (χ0n) is 18.0. The number of fused-ring (bicyclic) bond motifs is 2. The van der Waals surface area contributed by atoms with E-state index in [0.717, 1.165) is 47.7 Å². The molecular weight excluding hydrogens is 395 g/mol. The summed E-state index contributed by atoms with van der Waals surface area (Å²) in [4.78, 5) is 6.84. The molecule has 7 nitrogen and oxygen atoms in total. The zero-order valence-corrected chi connectivity index (χ0v) is 18.0. The minimum absolute atomic E-state index is 0.0468. The van der Waals surface area contributed by atoms with Crippen LogP contribution >= 0.6 is 0 Å². The van der Waals surface area contributed by atoms with Gasteiger partial charge >= 0.3 is 0 Å². The van der Waals surface area contributed by atoms with Gasteiger partial charge in [0.05, 0.1) is 10.6 Å². The van der Waals surface area contributed by atoms with Crippen LogP contribution in [0.4, 0.5) is 10.3 Å². The summed E-state index contributed by atoms with van der Waals surface area (Å²) in [7, 11) is 3.75. The van der Waals surface area contributed by atoms with Gasteiger partial charge in [0.25, 0.3) is 11.5 Å². The van der Waals surface area contributed by atoms with Crippen molar-refractivity contribution in [1.82, 2.24) is 19.9 Å². The molecule has 31 heavy (non-hydrogen) atoms. The van der Waals surface area contributed by atoms with E-state index in [9.17, 15) is 5.21 Å². The summed E-state index contributed by atoms with van der Waals surface area (Å²) in [6.07, 6.45) is 7.53. The fourth-order valence-corrected chi connectivity index (χ4v) is 4.64. The lowest BCUT2D eigenvalue weighted by Gasteiger charge is -2.30. The first-order valence-electron chi connectivity index (χ1n) is 10.7. The number of aromatic nitrogens is 5. The number of anilines is 1. The first-order valence-corrected chi connectivity index (χ1v) is 10.7. The highest BCUT2D eigenvalue weighted by atomic mass is 19.1. The molecule has 1 aliphatic carbocycles. The maximum Gasteiger partial charge on any atom is 0.293 e. The van der Waals surface area contributed by atoms with Crippen LogP contribution in [0.2, 0.25) is 0 Å². The van der Waals surface area contributed by atoms with Gasteiger partial charge < -0.3 is 10.1 Å². The number of halogens is 1. The Labute approximate surface area is 179 Å². The normalized spacial score (nSPS) is 15.1. The Morgan fingerprint density at radius 3 is 2.61 bits per heavy atom. The number of rotatable bonds is 3. The summed E-state index contributed by atoms with van der Waals surface area (Å²) in [6.45, 7) is 1.97. The van der Waals surface area contributed by atoms with E-state index >= 15 is 4.39 Å². The van der Waals surface area contributed by atoms with Crippen molar-refractivity contribution in [2.24, 2.45) is 7.05 Å². The molecule has 0 aliphatic heterocycles. The van der Waals surface area contributed by atoms with Crippen LogP contribution in [0.15, 0.2) is 30.5 Å². The van der Waals surface area contributed by atoms with Crippen LogP contribution in [0.3, 0.4) is 0 Å². The average Bonchev–Trinajstić information content (AvgIpc) is 3.15. The number of hydrogen-bond donors (Lipinski definition) is 0. The molecule has 0 unspecified atom stereocenters. The lowest BCUT2D eigenvalue weighted by atomic mass is 9.95. The molecular formula is C23H25FN6O. The molecule has 0 atom stereocenters. The first-order chi connectivity index (χ1) is 14.9. The quantitative estimate of drug-likeness (QED) is 0.370. The van der Waals surface area contributed by atoms with E-state index in [2.05, 4.69) is 15.2 Å². The van der Waals surface area contributed by atoms with Crippen molar-refractivity contribution in [1.29, 1.82) is 0 Å². The summed E-state index contributed by atoms with van der Waals surface area (Å²) in [5, 5.41) is 22.3. The van der Waals surface area contributed by atoms with Gasteiger partial charge in [0, 0.05) is 37.8 Å². The van der Waals surface area contributed by atoms with Gasteiger partial charge in [0.2, 0.25) is 0 Å². The van der Waals surface area contributed by atoms with Crippen molar-refractivity contribution in [2.75, 3.05) is 11.9 Å². The molecule has 1 fully saturated rings. The third-order valence-corrected chi connectivity index (χ3v) is 6.33. The van der Waals surface area contributed by atoms with Gasteiger partial charge in [0.15, 0.2) is 11.3 Å². The lowest BCUT2D eigenvalue weighted by molar-refractivity contribution is -0.641. The van der Waals surface area contributed by atoms with Gasteiger partial charge in [-0.25, -0.2) is 4.39 Å². The van der Waals surface area contributed by atoms with E-state index in [1.807, 2.05) is 44.2 Å². The summed E-state index contributed by atoms with van der Waals surface area (Å²) >= 11 is 0. The second-order valence-corrected chi connectivity index (χ2v) is 8.55. The minimum atomic E-state index is -0.526. The second-order valence-electron chi connectivity index (χ2n) is 8.55.